The van der Waals surface area contributed by atoms with Gasteiger partial charge in [-0.25, -0.2) is 0 Å². The van der Waals surface area contributed by atoms with Crippen LogP contribution in [0.5, 0.6) is 0 Å². The van der Waals surface area contributed by atoms with E-state index in [1.807, 2.05) is 0 Å². The number of hydrogen-bond acceptors (Lipinski definition) is 1. The summed E-state index contributed by atoms with van der Waals surface area (Å²) in [6, 6.07) is 6.73. The summed E-state index contributed by atoms with van der Waals surface area (Å²) in [5, 5.41) is 0. The summed E-state index contributed by atoms with van der Waals surface area (Å²) in [5.41, 5.74) is 15.5. The lowest BCUT2D eigenvalue weighted by Crippen LogP contribution is -2.29. The van der Waals surface area contributed by atoms with Gasteiger partial charge in [0.2, 0.25) is 0 Å². The van der Waals surface area contributed by atoms with E-state index in [-0.39, 0.29) is 0 Å². The minimum absolute atomic E-state index is 0.367. The Labute approximate surface area is 206 Å². The first kappa shape index (κ1) is 19.6. The van der Waals surface area contributed by atoms with Crippen molar-refractivity contribution in [2.45, 2.75) is 12.3 Å². The first-order valence-corrected chi connectivity index (χ1v) is 12.7. The zero-order valence-corrected chi connectivity index (χ0v) is 19.6. The van der Waals surface area contributed by atoms with Gasteiger partial charge >= 0.3 is 0 Å². The highest BCUT2D eigenvalue weighted by Gasteiger charge is 2.38. The number of ether oxygens (including phenoxy) is 1. The van der Waals surface area contributed by atoms with E-state index in [4.69, 9.17) is 4.74 Å². The molecule has 1 aromatic rings. The molecule has 0 amide bonds. The summed E-state index contributed by atoms with van der Waals surface area (Å²) in [6.07, 6.45) is 33.1. The molecule has 7 aliphatic carbocycles. The molecule has 0 radical (unpaired) electrons. The lowest BCUT2D eigenvalue weighted by Gasteiger charge is -2.40. The van der Waals surface area contributed by atoms with Gasteiger partial charge in [0.25, 0.3) is 0 Å². The van der Waals surface area contributed by atoms with Crippen molar-refractivity contribution in [3.05, 3.63) is 158 Å². The van der Waals surface area contributed by atoms with Crippen molar-refractivity contribution in [1.29, 1.82) is 0 Å². The van der Waals surface area contributed by atoms with Crippen LogP contribution in [-0.4, -0.2) is 13.2 Å². The molecule has 0 spiro atoms. The van der Waals surface area contributed by atoms with Gasteiger partial charge in [-0.1, -0.05) is 103 Å². The third-order valence-corrected chi connectivity index (χ3v) is 8.62. The second kappa shape index (κ2) is 7.41. The molecule has 0 heterocycles. The maximum Gasteiger partial charge on any atom is 0.0724 e. The maximum absolute atomic E-state index is 6.44. The third-order valence-electron chi connectivity index (χ3n) is 8.62. The van der Waals surface area contributed by atoms with Crippen LogP contribution in [-0.2, 0) is 11.2 Å². The van der Waals surface area contributed by atoms with Crippen LogP contribution in [0.15, 0.2) is 142 Å². The molecule has 3 atom stereocenters. The molecule has 0 fully saturated rings. The summed E-state index contributed by atoms with van der Waals surface area (Å²) in [7, 11) is 0. The second-order valence-electron chi connectivity index (χ2n) is 10.4. The largest absolute Gasteiger partial charge is 0.372 e. The average Bonchev–Trinajstić information content (AvgIpc) is 2.91. The summed E-state index contributed by atoms with van der Waals surface area (Å²) < 4.78 is 6.44. The van der Waals surface area contributed by atoms with Crippen LogP contribution in [0.2, 0.25) is 0 Å². The molecule has 1 nitrogen and oxygen atoms in total. The Hall–Kier alpha value is -3.68. The summed E-state index contributed by atoms with van der Waals surface area (Å²) in [6.45, 7) is 1.30. The highest BCUT2D eigenvalue weighted by molar-refractivity contribution is 5.73. The van der Waals surface area contributed by atoms with Crippen molar-refractivity contribution in [1.82, 2.24) is 0 Å². The van der Waals surface area contributed by atoms with E-state index >= 15 is 0 Å². The highest BCUT2D eigenvalue weighted by Crippen LogP contribution is 2.50. The molecule has 1 heteroatoms. The van der Waals surface area contributed by atoms with Crippen molar-refractivity contribution in [2.24, 2.45) is 11.8 Å². The van der Waals surface area contributed by atoms with Crippen LogP contribution >= 0.6 is 0 Å². The molecule has 0 saturated heterocycles. The predicted octanol–water partition coefficient (Wildman–Crippen LogP) is 7.19. The summed E-state index contributed by atoms with van der Waals surface area (Å²) in [5.74, 6) is 1.24. The Balaban J connectivity index is 1.06. The molecule has 0 aromatic heterocycles. The van der Waals surface area contributed by atoms with Gasteiger partial charge in [-0.2, -0.15) is 0 Å². The molecule has 35 heavy (non-hydrogen) atoms. The smallest absolute Gasteiger partial charge is 0.0724 e. The molecule has 1 aromatic carbocycles. The molecule has 7 aliphatic rings. The SMILES string of the molecule is C1=CC2=CC=C3C=CC(COCC4=CC=C5C=Cc6cccc7c6[C@@H]5C4=CC7)=C4C=CC(=C1)[C@H]2[C@H]34. The van der Waals surface area contributed by atoms with Crippen LogP contribution in [0, 0.1) is 11.8 Å². The Kier molecular flexibility index (Phi) is 4.15. The fourth-order valence-electron chi connectivity index (χ4n) is 7.00. The molecule has 8 rings (SSSR count). The molecule has 0 aliphatic heterocycles. The molecular weight excluding hydrogens is 424 g/mol. The van der Waals surface area contributed by atoms with Crippen LogP contribution in [0.3, 0.4) is 0 Å². The van der Waals surface area contributed by atoms with E-state index in [1.54, 1.807) is 0 Å². The Morgan fingerprint density at radius 2 is 1.54 bits per heavy atom. The average molecular weight is 451 g/mol. The van der Waals surface area contributed by atoms with Crippen molar-refractivity contribution < 1.29 is 4.74 Å². The van der Waals surface area contributed by atoms with Gasteiger partial charge in [0, 0.05) is 17.8 Å². The van der Waals surface area contributed by atoms with Gasteiger partial charge in [0.1, 0.15) is 0 Å². The molecule has 0 bridgehead atoms. The quantitative estimate of drug-likeness (QED) is 0.472. The fraction of sp³-hybridized carbons (Fsp3) is 0.176. The minimum Gasteiger partial charge on any atom is -0.372 e. The normalized spacial score (nSPS) is 27.8. The van der Waals surface area contributed by atoms with E-state index in [2.05, 4.69) is 103 Å². The van der Waals surface area contributed by atoms with E-state index < -0.39 is 0 Å². The van der Waals surface area contributed by atoms with E-state index in [0.717, 1.165) is 6.42 Å². The Bertz CT molecular complexity index is 1530. The lowest BCUT2D eigenvalue weighted by atomic mass is 9.63. The molecule has 0 N–H and O–H groups in total. The van der Waals surface area contributed by atoms with Gasteiger partial charge in [-0.15, -0.1) is 0 Å². The monoisotopic (exact) mass is 450 g/mol. The van der Waals surface area contributed by atoms with E-state index in [1.165, 1.54) is 61.3 Å². The van der Waals surface area contributed by atoms with Crippen molar-refractivity contribution in [3.8, 4) is 0 Å². The first-order chi connectivity index (χ1) is 17.3. The summed E-state index contributed by atoms with van der Waals surface area (Å²) >= 11 is 0. The van der Waals surface area contributed by atoms with Crippen LogP contribution in [0.4, 0.5) is 0 Å². The van der Waals surface area contributed by atoms with Crippen molar-refractivity contribution in [3.63, 3.8) is 0 Å². The zero-order valence-electron chi connectivity index (χ0n) is 19.6. The number of hydrogen-bond donors (Lipinski definition) is 0. The summed E-state index contributed by atoms with van der Waals surface area (Å²) in [4.78, 5) is 0. The van der Waals surface area contributed by atoms with Crippen LogP contribution < -0.4 is 0 Å². The highest BCUT2D eigenvalue weighted by atomic mass is 16.5. The second-order valence-corrected chi connectivity index (χ2v) is 10.4. The van der Waals surface area contributed by atoms with Gasteiger partial charge in [0.15, 0.2) is 0 Å². The predicted molar refractivity (Wildman–Crippen MR) is 143 cm³/mol. The molecule has 0 saturated carbocycles. The fourth-order valence-corrected chi connectivity index (χ4v) is 7.00. The molecular formula is C34H26O. The Morgan fingerprint density at radius 1 is 0.714 bits per heavy atom. The van der Waals surface area contributed by atoms with Crippen LogP contribution in [0.25, 0.3) is 6.08 Å². The third kappa shape index (κ3) is 2.85. The standard InChI is InChI=1S/C34H26O/c1-3-21-7-9-25-11-13-27(29-17-15-23(5-1)31(21)33(25)29)19-35-20-28-14-12-26-10-8-22-4-2-6-24-16-18-30(28)34(26)32(22)24/h1-15,17-18,31,33-34H,16,19-20H2/t31-,33+,34-/m0/s1. The van der Waals surface area contributed by atoms with Crippen molar-refractivity contribution >= 4 is 6.08 Å². The Morgan fingerprint density at radius 3 is 2.51 bits per heavy atom. The molecule has 168 valence electrons. The number of rotatable bonds is 4. The van der Waals surface area contributed by atoms with Gasteiger partial charge in [-0.05, 0) is 67.7 Å². The van der Waals surface area contributed by atoms with Crippen molar-refractivity contribution in [2.75, 3.05) is 13.2 Å². The van der Waals surface area contributed by atoms with Crippen LogP contribution in [0.1, 0.15) is 22.6 Å². The minimum atomic E-state index is 0.367. The first-order valence-electron chi connectivity index (χ1n) is 12.7. The maximum atomic E-state index is 6.44. The number of benzene rings is 1. The number of allylic oxidation sites excluding steroid dienone is 17. The van der Waals surface area contributed by atoms with Gasteiger partial charge in [0.05, 0.1) is 13.2 Å². The van der Waals surface area contributed by atoms with Gasteiger partial charge in [-0.3, -0.25) is 0 Å². The lowest BCUT2D eigenvalue weighted by molar-refractivity contribution is 0.181. The molecule has 0 unspecified atom stereocenters. The van der Waals surface area contributed by atoms with E-state index in [0.29, 0.717) is 31.0 Å². The van der Waals surface area contributed by atoms with Gasteiger partial charge < -0.3 is 4.74 Å². The topological polar surface area (TPSA) is 9.23 Å². The van der Waals surface area contributed by atoms with E-state index in [9.17, 15) is 0 Å². The zero-order chi connectivity index (χ0) is 22.9.